The Bertz CT molecular complexity index is 635. The first-order valence-corrected chi connectivity index (χ1v) is 9.35. The summed E-state index contributed by atoms with van der Waals surface area (Å²) in [5.41, 5.74) is 3.65. The van der Waals surface area contributed by atoms with Crippen molar-refractivity contribution in [2.75, 3.05) is 0 Å². The van der Waals surface area contributed by atoms with Gasteiger partial charge in [-0.2, -0.15) is 0 Å². The smallest absolute Gasteiger partial charge is 0.254 e. The molecule has 0 saturated heterocycles. The van der Waals surface area contributed by atoms with E-state index in [1.165, 1.54) is 0 Å². The Morgan fingerprint density at radius 3 is 2.38 bits per heavy atom. The van der Waals surface area contributed by atoms with Gasteiger partial charge in [0.05, 0.1) is 11.4 Å². The van der Waals surface area contributed by atoms with E-state index in [9.17, 15) is 22.7 Å². The number of alkyl halides is 1. The summed E-state index contributed by atoms with van der Waals surface area (Å²) >= 11 is 0. The van der Waals surface area contributed by atoms with E-state index in [1.807, 2.05) is 30.3 Å². The van der Waals surface area contributed by atoms with Crippen molar-refractivity contribution in [2.24, 2.45) is 10.9 Å². The number of carbonyl (C=O) groups excluding carboxylic acids is 1. The van der Waals surface area contributed by atoms with Crippen LogP contribution in [0.5, 0.6) is 0 Å². The van der Waals surface area contributed by atoms with E-state index in [-0.39, 0.29) is 19.3 Å². The van der Waals surface area contributed by atoms with Gasteiger partial charge in [0.25, 0.3) is 5.91 Å². The van der Waals surface area contributed by atoms with Gasteiger partial charge in [-0.1, -0.05) is 30.3 Å². The van der Waals surface area contributed by atoms with Crippen LogP contribution in [0.25, 0.3) is 0 Å². The molecule has 0 aliphatic rings. The molecule has 5 N–H and O–H groups in total. The van der Waals surface area contributed by atoms with Crippen LogP contribution in [-0.2, 0) is 21.2 Å². The Balaban J connectivity index is 2.61. The molecular formula is C16H25FN2O4S. The molecule has 24 heavy (non-hydrogen) atoms. The van der Waals surface area contributed by atoms with Gasteiger partial charge in [0.1, 0.15) is 0 Å². The second kappa shape index (κ2) is 8.55. The van der Waals surface area contributed by atoms with Crippen LogP contribution < -0.4 is 10.9 Å². The molecule has 0 aromatic heterocycles. The highest BCUT2D eigenvalue weighted by atomic mass is 32.2. The summed E-state index contributed by atoms with van der Waals surface area (Å²) in [5, 5.41) is 14.1. The fraction of sp³-hybridized carbons (Fsp3) is 0.562. The first kappa shape index (κ1) is 20.5. The molecule has 1 rings (SSSR count). The lowest BCUT2D eigenvalue weighted by molar-refractivity contribution is -0.128. The Kier molecular flexibility index (Phi) is 7.31. The molecule has 0 heterocycles. The molecule has 6 nitrogen and oxygen atoms in total. The maximum absolute atomic E-state index is 13.9. The van der Waals surface area contributed by atoms with Crippen LogP contribution in [0, 0.1) is 0 Å². The van der Waals surface area contributed by atoms with Crippen molar-refractivity contribution >= 4 is 15.9 Å². The molecule has 0 bridgehead atoms. The minimum atomic E-state index is -3.97. The van der Waals surface area contributed by atoms with Gasteiger partial charge in [-0.15, -0.1) is 0 Å². The van der Waals surface area contributed by atoms with E-state index in [1.54, 1.807) is 0 Å². The summed E-state index contributed by atoms with van der Waals surface area (Å²) in [4.78, 5) is 11.0. The number of hydrogen-bond donors (Lipinski definition) is 3. The number of nitrogens with two attached hydrogens (primary N) is 2. The summed E-state index contributed by atoms with van der Waals surface area (Å²) in [6.45, 7) is 1.00. The average Bonchev–Trinajstić information content (AvgIpc) is 2.49. The SMILES string of the molecule is CC(F)(CC[C@H](C[C@@H](O)CCc1ccccc1)S(N)(=O)=O)C(N)=O. The maximum Gasteiger partial charge on any atom is 0.254 e. The van der Waals surface area contributed by atoms with Crippen molar-refractivity contribution in [3.05, 3.63) is 35.9 Å². The summed E-state index contributed by atoms with van der Waals surface area (Å²) in [6, 6.07) is 9.45. The van der Waals surface area contributed by atoms with Crippen molar-refractivity contribution < 1.29 is 22.7 Å². The largest absolute Gasteiger partial charge is 0.393 e. The van der Waals surface area contributed by atoms with E-state index >= 15 is 0 Å². The number of sulfonamides is 1. The van der Waals surface area contributed by atoms with Crippen LogP contribution in [0.15, 0.2) is 30.3 Å². The molecule has 0 spiro atoms. The number of carbonyl (C=O) groups is 1. The van der Waals surface area contributed by atoms with Gasteiger partial charge in [-0.05, 0) is 44.6 Å². The molecule has 0 aliphatic heterocycles. The van der Waals surface area contributed by atoms with Crippen LogP contribution in [0.2, 0.25) is 0 Å². The normalized spacial score (nSPS) is 17.0. The van der Waals surface area contributed by atoms with Crippen molar-refractivity contribution in [1.82, 2.24) is 0 Å². The second-order valence-electron chi connectivity index (χ2n) is 6.23. The summed E-state index contributed by atoms with van der Waals surface area (Å²) in [6.07, 6.45) is -0.611. The number of primary sulfonamides is 1. The van der Waals surface area contributed by atoms with Gasteiger partial charge in [-0.3, -0.25) is 4.79 Å². The van der Waals surface area contributed by atoms with Crippen molar-refractivity contribution in [1.29, 1.82) is 0 Å². The van der Waals surface area contributed by atoms with Gasteiger partial charge in [0, 0.05) is 0 Å². The minimum Gasteiger partial charge on any atom is -0.393 e. The van der Waals surface area contributed by atoms with Gasteiger partial charge < -0.3 is 10.8 Å². The molecule has 0 fully saturated rings. The number of hydrogen-bond acceptors (Lipinski definition) is 4. The Morgan fingerprint density at radius 1 is 1.29 bits per heavy atom. The van der Waals surface area contributed by atoms with Crippen molar-refractivity contribution in [3.8, 4) is 0 Å². The van der Waals surface area contributed by atoms with Gasteiger partial charge >= 0.3 is 0 Å². The highest BCUT2D eigenvalue weighted by Crippen LogP contribution is 2.23. The fourth-order valence-electron chi connectivity index (χ4n) is 2.37. The maximum atomic E-state index is 13.9. The first-order chi connectivity index (χ1) is 11.0. The van der Waals surface area contributed by atoms with Crippen molar-refractivity contribution in [2.45, 2.75) is 56.1 Å². The molecule has 1 amide bonds. The zero-order valence-corrected chi connectivity index (χ0v) is 14.5. The number of rotatable bonds is 10. The van der Waals surface area contributed by atoms with E-state index < -0.39 is 33.0 Å². The number of aliphatic hydroxyl groups is 1. The lowest BCUT2D eigenvalue weighted by Gasteiger charge is -2.22. The molecule has 136 valence electrons. The summed E-state index contributed by atoms with van der Waals surface area (Å²) in [7, 11) is -3.97. The lowest BCUT2D eigenvalue weighted by atomic mass is 9.97. The van der Waals surface area contributed by atoms with Crippen LogP contribution in [0.1, 0.15) is 38.2 Å². The third kappa shape index (κ3) is 6.94. The molecule has 1 aromatic rings. The van der Waals surface area contributed by atoms with Gasteiger partial charge in [0.15, 0.2) is 5.67 Å². The van der Waals surface area contributed by atoms with E-state index in [2.05, 4.69) is 0 Å². The summed E-state index contributed by atoms with van der Waals surface area (Å²) in [5.74, 6) is -1.15. The minimum absolute atomic E-state index is 0.111. The first-order valence-electron chi connectivity index (χ1n) is 7.75. The number of halogens is 1. The van der Waals surface area contributed by atoms with Crippen LogP contribution in [-0.4, -0.2) is 36.5 Å². The molecule has 0 aliphatic carbocycles. The third-order valence-electron chi connectivity index (χ3n) is 4.06. The van der Waals surface area contributed by atoms with Crippen LogP contribution >= 0.6 is 0 Å². The zero-order chi connectivity index (χ0) is 18.4. The van der Waals surface area contributed by atoms with E-state index in [0.717, 1.165) is 12.5 Å². The lowest BCUT2D eigenvalue weighted by Crippen LogP contribution is -2.39. The highest BCUT2D eigenvalue weighted by molar-refractivity contribution is 7.89. The molecule has 0 saturated carbocycles. The van der Waals surface area contributed by atoms with E-state index in [0.29, 0.717) is 12.8 Å². The Hall–Kier alpha value is -1.51. The topological polar surface area (TPSA) is 123 Å². The second-order valence-corrected chi connectivity index (χ2v) is 8.07. The molecule has 1 unspecified atom stereocenters. The standard InChI is InChI=1S/C16H25FN2O4S/c1-16(17,15(18)21)10-9-14(24(19,22)23)11-13(20)8-7-12-5-3-2-4-6-12/h2-6,13-14,20H,7-11H2,1H3,(H2,18,21)(H2,19,22,23)/t13-,14+,16?/m0/s1. The number of aliphatic hydroxyl groups excluding tert-OH is 1. The van der Waals surface area contributed by atoms with Crippen LogP contribution in [0.3, 0.4) is 0 Å². The number of primary amides is 1. The predicted molar refractivity (Wildman–Crippen MR) is 90.2 cm³/mol. The number of amides is 1. The predicted octanol–water partition coefficient (Wildman–Crippen LogP) is 1.02. The van der Waals surface area contributed by atoms with Gasteiger partial charge in [0.2, 0.25) is 10.0 Å². The molecule has 8 heteroatoms. The fourth-order valence-corrected chi connectivity index (χ4v) is 3.31. The number of benzene rings is 1. The monoisotopic (exact) mass is 360 g/mol. The molecule has 1 aromatic carbocycles. The highest BCUT2D eigenvalue weighted by Gasteiger charge is 2.34. The molecule has 0 radical (unpaired) electrons. The van der Waals surface area contributed by atoms with Crippen molar-refractivity contribution in [3.63, 3.8) is 0 Å². The van der Waals surface area contributed by atoms with Crippen LogP contribution in [0.4, 0.5) is 4.39 Å². The summed E-state index contributed by atoms with van der Waals surface area (Å²) < 4.78 is 37.2. The molecular weight excluding hydrogens is 335 g/mol. The van der Waals surface area contributed by atoms with Gasteiger partial charge in [-0.25, -0.2) is 17.9 Å². The molecule has 3 atom stereocenters. The quantitative estimate of drug-likeness (QED) is 0.576. The Labute approximate surface area is 142 Å². The zero-order valence-electron chi connectivity index (χ0n) is 13.7. The third-order valence-corrected chi connectivity index (χ3v) is 5.42. The van der Waals surface area contributed by atoms with E-state index in [4.69, 9.17) is 10.9 Å². The number of aryl methyl sites for hydroxylation is 1. The average molecular weight is 360 g/mol. The Morgan fingerprint density at radius 2 is 1.88 bits per heavy atom.